The van der Waals surface area contributed by atoms with Gasteiger partial charge < -0.3 is 10.2 Å². The first kappa shape index (κ1) is 15.0. The normalized spacial score (nSPS) is 23.9. The molecule has 0 aromatic heterocycles. The molecule has 3 nitrogen and oxygen atoms in total. The lowest BCUT2D eigenvalue weighted by molar-refractivity contribution is -0.144. The Kier molecular flexibility index (Phi) is 4.19. The van der Waals surface area contributed by atoms with Crippen LogP contribution in [0.1, 0.15) is 53.2 Å². The summed E-state index contributed by atoms with van der Waals surface area (Å²) in [5.41, 5.74) is 5.45. The summed E-state index contributed by atoms with van der Waals surface area (Å²) >= 11 is 0. The molecule has 20 heavy (non-hydrogen) atoms. The van der Waals surface area contributed by atoms with Gasteiger partial charge in [0, 0.05) is 5.92 Å². The Bertz CT molecular complexity index is 507. The number of aliphatic hydroxyl groups is 1. The number of hydrogen-bond donors (Lipinski definition) is 2. The van der Waals surface area contributed by atoms with E-state index in [-0.39, 0.29) is 5.92 Å². The van der Waals surface area contributed by atoms with Crippen molar-refractivity contribution in [1.29, 1.82) is 0 Å². The lowest BCUT2D eigenvalue weighted by atomic mass is 9.81. The van der Waals surface area contributed by atoms with Gasteiger partial charge in [-0.1, -0.05) is 12.5 Å². The van der Waals surface area contributed by atoms with Gasteiger partial charge in [0.1, 0.15) is 0 Å². The van der Waals surface area contributed by atoms with Crippen molar-refractivity contribution in [3.05, 3.63) is 33.9 Å². The SMILES string of the molecule is Cc1cc(C)c(C)c(C(O)C2CCCC2C(=O)O)c1C. The van der Waals surface area contributed by atoms with Gasteiger partial charge in [-0.3, -0.25) is 4.79 Å². The second kappa shape index (κ2) is 5.57. The molecule has 1 aromatic rings. The van der Waals surface area contributed by atoms with E-state index < -0.39 is 18.0 Å². The Morgan fingerprint density at radius 2 is 1.70 bits per heavy atom. The minimum atomic E-state index is -0.772. The minimum Gasteiger partial charge on any atom is -0.481 e. The number of aliphatic hydroxyl groups excluding tert-OH is 1. The van der Waals surface area contributed by atoms with Gasteiger partial charge in [0.15, 0.2) is 0 Å². The van der Waals surface area contributed by atoms with Crippen molar-refractivity contribution in [1.82, 2.24) is 0 Å². The van der Waals surface area contributed by atoms with Gasteiger partial charge >= 0.3 is 5.97 Å². The first-order valence-electron chi connectivity index (χ1n) is 7.32. The molecule has 2 rings (SSSR count). The summed E-state index contributed by atoms with van der Waals surface area (Å²) < 4.78 is 0. The Morgan fingerprint density at radius 1 is 1.15 bits per heavy atom. The monoisotopic (exact) mass is 276 g/mol. The summed E-state index contributed by atoms with van der Waals surface area (Å²) in [7, 11) is 0. The fraction of sp³-hybridized carbons (Fsp3) is 0.588. The van der Waals surface area contributed by atoms with Crippen LogP contribution in [0.15, 0.2) is 6.07 Å². The van der Waals surface area contributed by atoms with Crippen LogP contribution in [-0.4, -0.2) is 16.2 Å². The van der Waals surface area contributed by atoms with Gasteiger partial charge in [-0.2, -0.15) is 0 Å². The molecule has 0 spiro atoms. The highest BCUT2D eigenvalue weighted by atomic mass is 16.4. The fourth-order valence-corrected chi connectivity index (χ4v) is 3.58. The van der Waals surface area contributed by atoms with E-state index in [2.05, 4.69) is 6.07 Å². The molecule has 0 aliphatic heterocycles. The predicted octanol–water partition coefficient (Wildman–Crippen LogP) is 3.45. The molecule has 3 unspecified atom stereocenters. The molecule has 1 aliphatic rings. The van der Waals surface area contributed by atoms with E-state index in [4.69, 9.17) is 0 Å². The van der Waals surface area contributed by atoms with E-state index in [0.29, 0.717) is 6.42 Å². The van der Waals surface area contributed by atoms with E-state index in [0.717, 1.165) is 40.7 Å². The molecule has 0 heterocycles. The highest BCUT2D eigenvalue weighted by Crippen LogP contribution is 2.42. The number of aryl methyl sites for hydroxylation is 2. The van der Waals surface area contributed by atoms with Crippen molar-refractivity contribution < 1.29 is 15.0 Å². The van der Waals surface area contributed by atoms with Crippen molar-refractivity contribution in [2.75, 3.05) is 0 Å². The van der Waals surface area contributed by atoms with E-state index in [1.165, 1.54) is 0 Å². The molecule has 0 saturated heterocycles. The van der Waals surface area contributed by atoms with E-state index in [1.807, 2.05) is 27.7 Å². The summed E-state index contributed by atoms with van der Waals surface area (Å²) in [6, 6.07) is 2.13. The standard InChI is InChI=1S/C17H24O3/c1-9-8-10(2)12(4)15(11(9)3)16(18)13-6-5-7-14(13)17(19)20/h8,13-14,16,18H,5-7H2,1-4H3,(H,19,20). The first-order valence-corrected chi connectivity index (χ1v) is 7.32. The topological polar surface area (TPSA) is 57.5 Å². The highest BCUT2D eigenvalue weighted by molar-refractivity contribution is 5.71. The highest BCUT2D eigenvalue weighted by Gasteiger charge is 2.39. The molecule has 0 bridgehead atoms. The molecular weight excluding hydrogens is 252 g/mol. The quantitative estimate of drug-likeness (QED) is 0.889. The van der Waals surface area contributed by atoms with Crippen LogP contribution >= 0.6 is 0 Å². The largest absolute Gasteiger partial charge is 0.481 e. The number of benzene rings is 1. The lowest BCUT2D eigenvalue weighted by Crippen LogP contribution is -2.25. The van der Waals surface area contributed by atoms with Gasteiger partial charge in [-0.05, 0) is 68.4 Å². The first-order chi connectivity index (χ1) is 9.34. The summed E-state index contributed by atoms with van der Waals surface area (Å²) in [6.45, 7) is 8.12. The molecule has 1 aromatic carbocycles. The average molecular weight is 276 g/mol. The Labute approximate surface area is 120 Å². The third-order valence-electron chi connectivity index (χ3n) is 5.01. The summed E-state index contributed by atoms with van der Waals surface area (Å²) in [4.78, 5) is 11.3. The number of aliphatic carboxylic acids is 1. The number of rotatable bonds is 3. The predicted molar refractivity (Wildman–Crippen MR) is 78.8 cm³/mol. The second-order valence-electron chi connectivity index (χ2n) is 6.16. The maximum Gasteiger partial charge on any atom is 0.306 e. The third kappa shape index (κ3) is 2.47. The average Bonchev–Trinajstić information content (AvgIpc) is 2.86. The third-order valence-corrected chi connectivity index (χ3v) is 5.01. The number of carboxylic acid groups (broad SMARTS) is 1. The maximum absolute atomic E-state index is 11.3. The van der Waals surface area contributed by atoms with Gasteiger partial charge in [-0.15, -0.1) is 0 Å². The van der Waals surface area contributed by atoms with Gasteiger partial charge in [-0.25, -0.2) is 0 Å². The van der Waals surface area contributed by atoms with Crippen LogP contribution in [0.3, 0.4) is 0 Å². The smallest absolute Gasteiger partial charge is 0.306 e. The molecule has 3 heteroatoms. The van der Waals surface area contributed by atoms with Crippen LogP contribution in [0, 0.1) is 39.5 Å². The van der Waals surface area contributed by atoms with Crippen LogP contribution in [0.5, 0.6) is 0 Å². The molecule has 0 amide bonds. The Balaban J connectivity index is 2.43. The van der Waals surface area contributed by atoms with Crippen molar-refractivity contribution in [2.45, 2.75) is 53.1 Å². The summed E-state index contributed by atoms with van der Waals surface area (Å²) in [6.07, 6.45) is 1.70. The molecule has 110 valence electrons. The van der Waals surface area contributed by atoms with Crippen molar-refractivity contribution in [3.63, 3.8) is 0 Å². The van der Waals surface area contributed by atoms with Gasteiger partial charge in [0.05, 0.1) is 12.0 Å². The molecule has 1 aliphatic carbocycles. The van der Waals surface area contributed by atoms with Gasteiger partial charge in [0.25, 0.3) is 0 Å². The molecule has 0 radical (unpaired) electrons. The minimum absolute atomic E-state index is 0.161. The van der Waals surface area contributed by atoms with E-state index in [9.17, 15) is 15.0 Å². The summed E-state index contributed by atoms with van der Waals surface area (Å²) in [5, 5.41) is 20.1. The molecule has 1 saturated carbocycles. The van der Waals surface area contributed by atoms with Gasteiger partial charge in [0.2, 0.25) is 0 Å². The molecule has 2 N–H and O–H groups in total. The Morgan fingerprint density at radius 3 is 2.20 bits per heavy atom. The van der Waals surface area contributed by atoms with Crippen LogP contribution in [0.2, 0.25) is 0 Å². The van der Waals surface area contributed by atoms with Crippen LogP contribution < -0.4 is 0 Å². The van der Waals surface area contributed by atoms with Crippen molar-refractivity contribution >= 4 is 5.97 Å². The van der Waals surface area contributed by atoms with Crippen LogP contribution in [0.25, 0.3) is 0 Å². The van der Waals surface area contributed by atoms with Crippen molar-refractivity contribution in [3.8, 4) is 0 Å². The van der Waals surface area contributed by atoms with E-state index in [1.54, 1.807) is 0 Å². The van der Waals surface area contributed by atoms with E-state index >= 15 is 0 Å². The summed E-state index contributed by atoms with van der Waals surface area (Å²) in [5.74, 6) is -1.35. The van der Waals surface area contributed by atoms with Crippen molar-refractivity contribution in [2.24, 2.45) is 11.8 Å². The zero-order chi connectivity index (χ0) is 15.0. The molecule has 3 atom stereocenters. The van der Waals surface area contributed by atoms with Crippen LogP contribution in [0.4, 0.5) is 0 Å². The zero-order valence-electron chi connectivity index (χ0n) is 12.7. The number of hydrogen-bond acceptors (Lipinski definition) is 2. The fourth-order valence-electron chi connectivity index (χ4n) is 3.58. The zero-order valence-corrected chi connectivity index (χ0v) is 12.7. The second-order valence-corrected chi connectivity index (χ2v) is 6.16. The molecule has 1 fully saturated rings. The Hall–Kier alpha value is -1.35. The lowest BCUT2D eigenvalue weighted by Gasteiger charge is -2.27. The number of carbonyl (C=O) groups is 1. The maximum atomic E-state index is 11.3. The van der Waals surface area contributed by atoms with Crippen LogP contribution in [-0.2, 0) is 4.79 Å². The molecular formula is C17H24O3. The number of carboxylic acids is 1.